The van der Waals surface area contributed by atoms with Gasteiger partial charge in [0.25, 0.3) is 11.6 Å². The Bertz CT molecular complexity index is 1470. The molecule has 0 fully saturated rings. The molecule has 0 aliphatic carbocycles. The van der Waals surface area contributed by atoms with Gasteiger partial charge in [-0.15, -0.1) is 0 Å². The van der Waals surface area contributed by atoms with Crippen molar-refractivity contribution in [2.75, 3.05) is 4.90 Å². The van der Waals surface area contributed by atoms with Crippen molar-refractivity contribution < 1.29 is 18.5 Å². The van der Waals surface area contributed by atoms with Gasteiger partial charge in [0.1, 0.15) is 11.4 Å². The molecule has 5 rings (SSSR count). The van der Waals surface area contributed by atoms with Gasteiger partial charge in [-0.2, -0.15) is 0 Å². The minimum absolute atomic E-state index is 0.113. The van der Waals surface area contributed by atoms with Crippen LogP contribution in [0.4, 0.5) is 15.8 Å². The first-order chi connectivity index (χ1) is 15.3. The molecule has 2 heterocycles. The quantitative estimate of drug-likeness (QED) is 0.282. The monoisotopic (exact) mass is 494 g/mol. The van der Waals surface area contributed by atoms with Crippen molar-refractivity contribution >= 4 is 44.2 Å². The number of amides is 1. The van der Waals surface area contributed by atoms with E-state index in [9.17, 15) is 24.1 Å². The van der Waals surface area contributed by atoms with E-state index in [1.807, 2.05) is 0 Å². The maximum absolute atomic E-state index is 13.5. The number of benzene rings is 3. The van der Waals surface area contributed by atoms with Crippen LogP contribution in [0.25, 0.3) is 11.0 Å². The van der Waals surface area contributed by atoms with E-state index in [-0.39, 0.29) is 28.0 Å². The number of nitrogens with zero attached hydrogens (tertiary/aromatic N) is 2. The molecule has 158 valence electrons. The number of non-ortho nitro benzene ring substituents is 1. The van der Waals surface area contributed by atoms with E-state index in [4.69, 9.17) is 4.42 Å². The number of carbonyl (C=O) groups excluding carboxylic acids is 1. The highest BCUT2D eigenvalue weighted by atomic mass is 79.9. The average Bonchev–Trinajstić information content (AvgIpc) is 3.07. The number of nitro benzene ring substituents is 1. The maximum Gasteiger partial charge on any atom is 0.295 e. The summed E-state index contributed by atoms with van der Waals surface area (Å²) in [4.78, 5) is 38.7. The molecule has 7 nitrogen and oxygen atoms in total. The van der Waals surface area contributed by atoms with Crippen molar-refractivity contribution in [3.8, 4) is 0 Å². The molecule has 0 saturated carbocycles. The van der Waals surface area contributed by atoms with Crippen molar-refractivity contribution in [3.63, 3.8) is 0 Å². The zero-order valence-corrected chi connectivity index (χ0v) is 17.7. The molecular weight excluding hydrogens is 483 g/mol. The standard InChI is InChI=1S/C23H12BrFN2O5/c24-13-3-10-18-17(11-13)21(28)19-20(12-1-6-16(7-2-12)27(30)31)26(23(29)22(19)32-18)15-8-4-14(25)5-9-15/h1-11,20H. The summed E-state index contributed by atoms with van der Waals surface area (Å²) < 4.78 is 20.0. The summed E-state index contributed by atoms with van der Waals surface area (Å²) >= 11 is 3.34. The van der Waals surface area contributed by atoms with Crippen LogP contribution in [0.15, 0.2) is 80.4 Å². The van der Waals surface area contributed by atoms with Crippen LogP contribution in [-0.4, -0.2) is 10.8 Å². The lowest BCUT2D eigenvalue weighted by atomic mass is 9.98. The summed E-state index contributed by atoms with van der Waals surface area (Å²) in [6.45, 7) is 0. The van der Waals surface area contributed by atoms with Crippen molar-refractivity contribution in [2.24, 2.45) is 0 Å². The molecule has 0 bridgehead atoms. The Morgan fingerprint density at radius 3 is 2.34 bits per heavy atom. The van der Waals surface area contributed by atoms with Gasteiger partial charge in [-0.25, -0.2) is 4.39 Å². The average molecular weight is 495 g/mol. The fraction of sp³-hybridized carbons (Fsp3) is 0.0435. The number of anilines is 1. The van der Waals surface area contributed by atoms with Gasteiger partial charge in [0.15, 0.2) is 5.43 Å². The molecule has 0 radical (unpaired) electrons. The summed E-state index contributed by atoms with van der Waals surface area (Å²) in [7, 11) is 0. The number of hydrogen-bond donors (Lipinski definition) is 0. The predicted octanol–water partition coefficient (Wildman–Crippen LogP) is 5.35. The zero-order valence-electron chi connectivity index (χ0n) is 16.1. The molecular formula is C23H12BrFN2O5. The maximum atomic E-state index is 13.5. The number of rotatable bonds is 3. The van der Waals surface area contributed by atoms with Crippen LogP contribution in [0, 0.1) is 15.9 Å². The van der Waals surface area contributed by atoms with Gasteiger partial charge in [-0.05, 0) is 60.2 Å². The Labute approximate surface area is 188 Å². The molecule has 9 heteroatoms. The van der Waals surface area contributed by atoms with Crippen LogP contribution in [0.2, 0.25) is 0 Å². The Morgan fingerprint density at radius 2 is 1.69 bits per heavy atom. The summed E-state index contributed by atoms with van der Waals surface area (Å²) in [5, 5.41) is 11.4. The van der Waals surface area contributed by atoms with Crippen LogP contribution in [0.1, 0.15) is 27.7 Å². The summed E-state index contributed by atoms with van der Waals surface area (Å²) in [5.74, 6) is -1.15. The minimum atomic E-state index is -0.900. The van der Waals surface area contributed by atoms with Gasteiger partial charge in [0, 0.05) is 22.3 Å². The fourth-order valence-corrected chi connectivity index (χ4v) is 4.27. The summed E-state index contributed by atoms with van der Waals surface area (Å²) in [6, 6.07) is 14.9. The van der Waals surface area contributed by atoms with Crippen molar-refractivity contribution in [1.82, 2.24) is 0 Å². The number of carbonyl (C=O) groups is 1. The first-order valence-corrected chi connectivity index (χ1v) is 10.2. The first-order valence-electron chi connectivity index (χ1n) is 9.45. The van der Waals surface area contributed by atoms with Crippen LogP contribution >= 0.6 is 15.9 Å². The van der Waals surface area contributed by atoms with Crippen LogP contribution in [0.5, 0.6) is 0 Å². The number of halogens is 2. The van der Waals surface area contributed by atoms with Gasteiger partial charge in [-0.1, -0.05) is 15.9 Å². The number of fused-ring (bicyclic) bond motifs is 2. The molecule has 1 aromatic heterocycles. The zero-order chi connectivity index (χ0) is 22.6. The lowest BCUT2D eigenvalue weighted by molar-refractivity contribution is -0.384. The Kier molecular flexibility index (Phi) is 4.63. The van der Waals surface area contributed by atoms with E-state index in [1.165, 1.54) is 53.4 Å². The van der Waals surface area contributed by atoms with Gasteiger partial charge in [-0.3, -0.25) is 24.6 Å². The molecule has 4 aromatic rings. The van der Waals surface area contributed by atoms with Gasteiger partial charge >= 0.3 is 0 Å². The molecule has 1 atom stereocenters. The van der Waals surface area contributed by atoms with Crippen molar-refractivity contribution in [1.29, 1.82) is 0 Å². The fourth-order valence-electron chi connectivity index (χ4n) is 3.91. The lowest BCUT2D eigenvalue weighted by Crippen LogP contribution is -2.29. The Hall–Kier alpha value is -3.85. The van der Waals surface area contributed by atoms with Crippen LogP contribution < -0.4 is 10.3 Å². The Morgan fingerprint density at radius 1 is 1.00 bits per heavy atom. The third-order valence-electron chi connectivity index (χ3n) is 5.36. The van der Waals surface area contributed by atoms with Gasteiger partial charge in [0.05, 0.1) is 21.9 Å². The molecule has 3 aromatic carbocycles. The van der Waals surface area contributed by atoms with E-state index < -0.39 is 22.7 Å². The molecule has 1 amide bonds. The van der Waals surface area contributed by atoms with Gasteiger partial charge < -0.3 is 4.42 Å². The highest BCUT2D eigenvalue weighted by Crippen LogP contribution is 2.41. The highest BCUT2D eigenvalue weighted by Gasteiger charge is 2.43. The topological polar surface area (TPSA) is 93.7 Å². The van der Waals surface area contributed by atoms with Gasteiger partial charge in [0.2, 0.25) is 5.76 Å². The van der Waals surface area contributed by atoms with Crippen molar-refractivity contribution in [3.05, 3.63) is 114 Å². The van der Waals surface area contributed by atoms with E-state index in [1.54, 1.807) is 18.2 Å². The highest BCUT2D eigenvalue weighted by molar-refractivity contribution is 9.10. The van der Waals surface area contributed by atoms with Crippen molar-refractivity contribution in [2.45, 2.75) is 6.04 Å². The number of nitro groups is 1. The molecule has 0 spiro atoms. The molecule has 1 unspecified atom stereocenters. The van der Waals surface area contributed by atoms with E-state index in [0.717, 1.165) is 0 Å². The Balaban J connectivity index is 1.78. The lowest BCUT2D eigenvalue weighted by Gasteiger charge is -2.25. The van der Waals surface area contributed by atoms with Crippen LogP contribution in [0.3, 0.4) is 0 Å². The predicted molar refractivity (Wildman–Crippen MR) is 118 cm³/mol. The molecule has 0 saturated heterocycles. The third kappa shape index (κ3) is 3.09. The largest absolute Gasteiger partial charge is 0.450 e. The smallest absolute Gasteiger partial charge is 0.295 e. The normalized spacial score (nSPS) is 15.2. The van der Waals surface area contributed by atoms with Crippen LogP contribution in [-0.2, 0) is 0 Å². The van der Waals surface area contributed by atoms with E-state index in [2.05, 4.69) is 15.9 Å². The first kappa shape index (κ1) is 20.1. The molecule has 1 aliphatic heterocycles. The third-order valence-corrected chi connectivity index (χ3v) is 5.85. The molecule has 0 N–H and O–H groups in total. The second-order valence-corrected chi connectivity index (χ2v) is 8.13. The SMILES string of the molecule is O=C1c2oc3ccc(Br)cc3c(=O)c2C(c2ccc([N+](=O)[O-])cc2)N1c1ccc(F)cc1. The number of hydrogen-bond acceptors (Lipinski definition) is 5. The summed E-state index contributed by atoms with van der Waals surface area (Å²) in [6.07, 6.45) is 0. The second kappa shape index (κ2) is 7.38. The second-order valence-electron chi connectivity index (χ2n) is 7.22. The minimum Gasteiger partial charge on any atom is -0.450 e. The van der Waals surface area contributed by atoms with E-state index >= 15 is 0 Å². The molecule has 32 heavy (non-hydrogen) atoms. The molecule has 1 aliphatic rings. The summed E-state index contributed by atoms with van der Waals surface area (Å²) in [5.41, 5.74) is 0.710. The van der Waals surface area contributed by atoms with E-state index in [0.29, 0.717) is 21.1 Å².